The summed E-state index contributed by atoms with van der Waals surface area (Å²) < 4.78 is 11.4. The van der Waals surface area contributed by atoms with E-state index in [1.165, 1.54) is 6.07 Å². The van der Waals surface area contributed by atoms with Gasteiger partial charge < -0.3 is 14.6 Å². The van der Waals surface area contributed by atoms with Crippen LogP contribution in [0.3, 0.4) is 0 Å². The van der Waals surface area contributed by atoms with Gasteiger partial charge in [0.1, 0.15) is 13.2 Å². The summed E-state index contributed by atoms with van der Waals surface area (Å²) >= 11 is 3.27. The van der Waals surface area contributed by atoms with Crippen molar-refractivity contribution < 1.29 is 19.4 Å². The molecule has 1 aromatic carbocycles. The molecule has 0 saturated heterocycles. The average molecular weight is 273 g/mol. The molecule has 80 valence electrons. The molecule has 0 amide bonds. The third-order valence-corrected chi connectivity index (χ3v) is 2.83. The van der Waals surface area contributed by atoms with Gasteiger partial charge in [-0.05, 0) is 28.9 Å². The minimum atomic E-state index is -0.967. The molecule has 1 aromatic rings. The van der Waals surface area contributed by atoms with Crippen LogP contribution in [-0.2, 0) is 0 Å². The fraction of sp³-hybridized carbons (Fsp3) is 0.300. The fourth-order valence-corrected chi connectivity index (χ4v) is 2.04. The smallest absolute Gasteiger partial charge is 0.336 e. The molecule has 4 nitrogen and oxygen atoms in total. The van der Waals surface area contributed by atoms with Crippen LogP contribution in [-0.4, -0.2) is 24.3 Å². The first kappa shape index (κ1) is 10.3. The topological polar surface area (TPSA) is 55.8 Å². The van der Waals surface area contributed by atoms with Crippen molar-refractivity contribution in [2.45, 2.75) is 6.92 Å². The Morgan fingerprint density at radius 1 is 1.40 bits per heavy atom. The summed E-state index contributed by atoms with van der Waals surface area (Å²) in [5, 5.41) is 8.97. The van der Waals surface area contributed by atoms with Crippen LogP contribution in [0.15, 0.2) is 10.5 Å². The number of benzene rings is 1. The first-order valence-corrected chi connectivity index (χ1v) is 5.22. The maximum absolute atomic E-state index is 10.9. The predicted molar refractivity (Wildman–Crippen MR) is 56.8 cm³/mol. The standard InChI is InChI=1S/C10H9BrO4/c1-5-6(10(12)13)4-7(11)9-8(5)14-2-3-15-9/h4H,2-3H2,1H3,(H,12,13). The first-order valence-electron chi connectivity index (χ1n) is 4.43. The number of rotatable bonds is 1. The lowest BCUT2D eigenvalue weighted by Crippen LogP contribution is -2.17. The van der Waals surface area contributed by atoms with E-state index < -0.39 is 5.97 Å². The molecule has 1 aliphatic heterocycles. The number of hydrogen-bond donors (Lipinski definition) is 1. The highest BCUT2D eigenvalue weighted by Crippen LogP contribution is 2.41. The van der Waals surface area contributed by atoms with Gasteiger partial charge in [-0.15, -0.1) is 0 Å². The van der Waals surface area contributed by atoms with E-state index in [1.807, 2.05) is 0 Å². The molecule has 0 aliphatic carbocycles. The number of ether oxygens (including phenoxy) is 2. The van der Waals surface area contributed by atoms with E-state index in [4.69, 9.17) is 14.6 Å². The van der Waals surface area contributed by atoms with E-state index in [0.29, 0.717) is 34.7 Å². The van der Waals surface area contributed by atoms with Crippen molar-refractivity contribution in [2.75, 3.05) is 13.2 Å². The molecule has 0 fully saturated rings. The Morgan fingerprint density at radius 2 is 2.00 bits per heavy atom. The molecular weight excluding hydrogens is 264 g/mol. The Bertz CT molecular complexity index is 428. The van der Waals surface area contributed by atoms with E-state index in [0.717, 1.165) is 0 Å². The van der Waals surface area contributed by atoms with Crippen LogP contribution in [0.25, 0.3) is 0 Å². The molecule has 0 atom stereocenters. The Kier molecular flexibility index (Phi) is 2.56. The van der Waals surface area contributed by atoms with Gasteiger partial charge in [-0.1, -0.05) is 0 Å². The lowest BCUT2D eigenvalue weighted by atomic mass is 10.1. The second kappa shape index (κ2) is 3.73. The van der Waals surface area contributed by atoms with Crippen LogP contribution in [0.1, 0.15) is 15.9 Å². The minimum Gasteiger partial charge on any atom is -0.486 e. The molecule has 1 heterocycles. The number of halogens is 1. The van der Waals surface area contributed by atoms with Crippen LogP contribution < -0.4 is 9.47 Å². The van der Waals surface area contributed by atoms with E-state index >= 15 is 0 Å². The van der Waals surface area contributed by atoms with Gasteiger partial charge in [0.15, 0.2) is 11.5 Å². The van der Waals surface area contributed by atoms with Gasteiger partial charge in [0.2, 0.25) is 0 Å². The third kappa shape index (κ3) is 1.67. The number of carbonyl (C=O) groups is 1. The highest BCUT2D eigenvalue weighted by atomic mass is 79.9. The Morgan fingerprint density at radius 3 is 2.60 bits per heavy atom. The summed E-state index contributed by atoms with van der Waals surface area (Å²) in [5.41, 5.74) is 0.825. The zero-order valence-corrected chi connectivity index (χ0v) is 9.63. The van der Waals surface area contributed by atoms with Crippen molar-refractivity contribution in [3.8, 4) is 11.5 Å². The van der Waals surface area contributed by atoms with Crippen molar-refractivity contribution in [3.63, 3.8) is 0 Å². The van der Waals surface area contributed by atoms with E-state index in [9.17, 15) is 4.79 Å². The van der Waals surface area contributed by atoms with Gasteiger partial charge in [-0.2, -0.15) is 0 Å². The van der Waals surface area contributed by atoms with Crippen LogP contribution in [0, 0.1) is 6.92 Å². The molecule has 0 unspecified atom stereocenters. The van der Waals surface area contributed by atoms with Crippen LogP contribution >= 0.6 is 15.9 Å². The van der Waals surface area contributed by atoms with E-state index in [1.54, 1.807) is 6.92 Å². The van der Waals surface area contributed by atoms with Gasteiger partial charge in [-0.25, -0.2) is 4.79 Å². The summed E-state index contributed by atoms with van der Waals surface area (Å²) in [6, 6.07) is 1.53. The zero-order chi connectivity index (χ0) is 11.0. The molecule has 15 heavy (non-hydrogen) atoms. The zero-order valence-electron chi connectivity index (χ0n) is 8.04. The number of carboxylic acid groups (broad SMARTS) is 1. The summed E-state index contributed by atoms with van der Waals surface area (Å²) in [6.07, 6.45) is 0. The van der Waals surface area contributed by atoms with Gasteiger partial charge >= 0.3 is 5.97 Å². The van der Waals surface area contributed by atoms with E-state index in [2.05, 4.69) is 15.9 Å². The summed E-state index contributed by atoms with van der Waals surface area (Å²) in [6.45, 7) is 2.64. The van der Waals surface area contributed by atoms with Crippen molar-refractivity contribution >= 4 is 21.9 Å². The van der Waals surface area contributed by atoms with Gasteiger partial charge in [0.05, 0.1) is 10.0 Å². The van der Waals surface area contributed by atoms with E-state index in [-0.39, 0.29) is 5.56 Å². The van der Waals surface area contributed by atoms with Gasteiger partial charge in [0, 0.05) is 5.56 Å². The molecule has 0 spiro atoms. The highest BCUT2D eigenvalue weighted by molar-refractivity contribution is 9.10. The summed E-state index contributed by atoms with van der Waals surface area (Å²) in [5.74, 6) is 0.141. The lowest BCUT2D eigenvalue weighted by molar-refractivity contribution is 0.0694. The van der Waals surface area contributed by atoms with Crippen LogP contribution in [0.5, 0.6) is 11.5 Å². The second-order valence-corrected chi connectivity index (χ2v) is 4.05. The SMILES string of the molecule is Cc1c(C(=O)O)cc(Br)c2c1OCCO2. The fourth-order valence-electron chi connectivity index (χ4n) is 1.52. The van der Waals surface area contributed by atoms with Crippen molar-refractivity contribution in [2.24, 2.45) is 0 Å². The van der Waals surface area contributed by atoms with Crippen molar-refractivity contribution in [3.05, 3.63) is 21.7 Å². The molecule has 0 aromatic heterocycles. The number of carboxylic acids is 1. The average Bonchev–Trinajstić information content (AvgIpc) is 2.23. The van der Waals surface area contributed by atoms with Crippen molar-refractivity contribution in [1.82, 2.24) is 0 Å². The lowest BCUT2D eigenvalue weighted by Gasteiger charge is -2.22. The molecular formula is C10H9BrO4. The van der Waals surface area contributed by atoms with Crippen LogP contribution in [0.4, 0.5) is 0 Å². The highest BCUT2D eigenvalue weighted by Gasteiger charge is 2.22. The molecule has 5 heteroatoms. The number of aromatic carboxylic acids is 1. The first-order chi connectivity index (χ1) is 7.11. The van der Waals surface area contributed by atoms with Crippen molar-refractivity contribution in [1.29, 1.82) is 0 Å². The second-order valence-electron chi connectivity index (χ2n) is 3.19. The number of hydrogen-bond acceptors (Lipinski definition) is 3. The summed E-state index contributed by atoms with van der Waals surface area (Å²) in [7, 11) is 0. The maximum atomic E-state index is 10.9. The third-order valence-electron chi connectivity index (χ3n) is 2.25. The van der Waals surface area contributed by atoms with Crippen LogP contribution in [0.2, 0.25) is 0 Å². The molecule has 0 bridgehead atoms. The summed E-state index contributed by atoms with van der Waals surface area (Å²) in [4.78, 5) is 10.9. The monoisotopic (exact) mass is 272 g/mol. The predicted octanol–water partition coefficient (Wildman–Crippen LogP) is 2.23. The molecule has 1 aliphatic rings. The minimum absolute atomic E-state index is 0.228. The van der Waals surface area contributed by atoms with Gasteiger partial charge in [0.25, 0.3) is 0 Å². The Labute approximate surface area is 94.9 Å². The number of fused-ring (bicyclic) bond motifs is 1. The quantitative estimate of drug-likeness (QED) is 0.852. The largest absolute Gasteiger partial charge is 0.486 e. The Hall–Kier alpha value is -1.23. The normalized spacial score (nSPS) is 13.7. The molecule has 0 saturated carbocycles. The molecule has 2 rings (SSSR count). The molecule has 1 N–H and O–H groups in total. The maximum Gasteiger partial charge on any atom is 0.336 e. The molecule has 0 radical (unpaired) electrons. The Balaban J connectivity index is 2.64. The van der Waals surface area contributed by atoms with Gasteiger partial charge in [-0.3, -0.25) is 0 Å².